The van der Waals surface area contributed by atoms with Gasteiger partial charge in [-0.25, -0.2) is 4.79 Å². The highest BCUT2D eigenvalue weighted by Crippen LogP contribution is 2.30. The first kappa shape index (κ1) is 21.3. The van der Waals surface area contributed by atoms with Gasteiger partial charge >= 0.3 is 5.97 Å². The van der Waals surface area contributed by atoms with E-state index in [1.165, 1.54) is 5.56 Å². The Morgan fingerprint density at radius 2 is 1.57 bits per heavy atom. The van der Waals surface area contributed by atoms with Crippen molar-refractivity contribution in [2.24, 2.45) is 0 Å². The molecular weight excluding hydrogens is 374 g/mol. The number of pyridine rings is 1. The fraction of sp³-hybridized carbons (Fsp3) is 0.231. The molecule has 4 heteroatoms. The maximum absolute atomic E-state index is 12.6. The minimum absolute atomic E-state index is 0.0319. The van der Waals surface area contributed by atoms with Crippen LogP contribution in [0.3, 0.4) is 0 Å². The van der Waals surface area contributed by atoms with Gasteiger partial charge in [-0.1, -0.05) is 51.1 Å². The molecule has 1 heterocycles. The van der Waals surface area contributed by atoms with Crippen molar-refractivity contribution in [2.75, 3.05) is 6.61 Å². The minimum atomic E-state index is -0.406. The first-order chi connectivity index (χ1) is 14.4. The van der Waals surface area contributed by atoms with Crippen LogP contribution in [0.25, 0.3) is 12.2 Å². The fourth-order valence-corrected chi connectivity index (χ4v) is 2.91. The summed E-state index contributed by atoms with van der Waals surface area (Å²) in [4.78, 5) is 16.6. The van der Waals surface area contributed by atoms with Gasteiger partial charge in [-0.15, -0.1) is 0 Å². The standard InChI is InChI=1S/C26H27NO3/c1-5-29-24-18-20(7-6-19-14-16-27-17-15-19)8-13-23(24)30-25(28)21-9-11-22(12-10-21)26(2,3)4/h6-18H,5H2,1-4H3/b7-6+. The van der Waals surface area contributed by atoms with Crippen LogP contribution in [0.15, 0.2) is 67.0 Å². The lowest BCUT2D eigenvalue weighted by Gasteiger charge is -2.19. The molecule has 0 amide bonds. The third-order valence-corrected chi connectivity index (χ3v) is 4.63. The summed E-state index contributed by atoms with van der Waals surface area (Å²) >= 11 is 0. The zero-order valence-electron chi connectivity index (χ0n) is 17.9. The first-order valence-corrected chi connectivity index (χ1v) is 10.0. The number of ether oxygens (including phenoxy) is 2. The van der Waals surface area contributed by atoms with Gasteiger partial charge in [0.05, 0.1) is 12.2 Å². The third kappa shape index (κ3) is 5.57. The van der Waals surface area contributed by atoms with Crippen LogP contribution in [0, 0.1) is 0 Å². The lowest BCUT2D eigenvalue weighted by Crippen LogP contribution is -2.13. The Morgan fingerprint density at radius 1 is 0.900 bits per heavy atom. The van der Waals surface area contributed by atoms with Gasteiger partial charge < -0.3 is 9.47 Å². The molecular formula is C26H27NO3. The van der Waals surface area contributed by atoms with Crippen molar-refractivity contribution in [3.63, 3.8) is 0 Å². The summed E-state index contributed by atoms with van der Waals surface area (Å²) in [5.41, 5.74) is 3.71. The van der Waals surface area contributed by atoms with Crippen LogP contribution >= 0.6 is 0 Å². The van der Waals surface area contributed by atoms with E-state index < -0.39 is 5.97 Å². The number of carbonyl (C=O) groups excluding carboxylic acids is 1. The van der Waals surface area contributed by atoms with Gasteiger partial charge in [0, 0.05) is 12.4 Å². The molecule has 0 N–H and O–H groups in total. The van der Waals surface area contributed by atoms with Crippen molar-refractivity contribution < 1.29 is 14.3 Å². The predicted octanol–water partition coefficient (Wildman–Crippen LogP) is 6.17. The Hall–Kier alpha value is -3.40. The first-order valence-electron chi connectivity index (χ1n) is 10.0. The third-order valence-electron chi connectivity index (χ3n) is 4.63. The molecule has 3 aromatic rings. The van der Waals surface area contributed by atoms with Crippen LogP contribution in [0.4, 0.5) is 0 Å². The summed E-state index contributed by atoms with van der Waals surface area (Å²) in [7, 11) is 0. The molecule has 0 unspecified atom stereocenters. The van der Waals surface area contributed by atoms with Crippen molar-refractivity contribution in [2.45, 2.75) is 33.1 Å². The van der Waals surface area contributed by atoms with Crippen LogP contribution < -0.4 is 9.47 Å². The van der Waals surface area contributed by atoms with Gasteiger partial charge in [0.15, 0.2) is 11.5 Å². The highest BCUT2D eigenvalue weighted by atomic mass is 16.6. The van der Waals surface area contributed by atoms with E-state index in [0.717, 1.165) is 11.1 Å². The number of hydrogen-bond donors (Lipinski definition) is 0. The van der Waals surface area contributed by atoms with Crippen molar-refractivity contribution in [1.29, 1.82) is 0 Å². The van der Waals surface area contributed by atoms with Crippen LogP contribution in [-0.4, -0.2) is 17.6 Å². The summed E-state index contributed by atoms with van der Waals surface area (Å²) in [5.74, 6) is 0.535. The quantitative estimate of drug-likeness (QED) is 0.366. The van der Waals surface area contributed by atoms with Gasteiger partial charge in [-0.2, -0.15) is 0 Å². The number of esters is 1. The Labute approximate surface area is 178 Å². The Bertz CT molecular complexity index is 1020. The Balaban J connectivity index is 1.78. The molecule has 0 aliphatic carbocycles. The summed E-state index contributed by atoms with van der Waals surface area (Å²) in [6.07, 6.45) is 7.48. The molecule has 0 radical (unpaired) electrons. The zero-order chi connectivity index (χ0) is 21.6. The van der Waals surface area contributed by atoms with Gasteiger partial charge in [0.25, 0.3) is 0 Å². The average Bonchev–Trinajstić information content (AvgIpc) is 2.74. The van der Waals surface area contributed by atoms with Gasteiger partial charge in [0.2, 0.25) is 0 Å². The van der Waals surface area contributed by atoms with E-state index in [4.69, 9.17) is 9.47 Å². The molecule has 4 nitrogen and oxygen atoms in total. The highest BCUT2D eigenvalue weighted by molar-refractivity contribution is 5.91. The fourth-order valence-electron chi connectivity index (χ4n) is 2.91. The second kappa shape index (κ2) is 9.40. The maximum atomic E-state index is 12.6. The molecule has 1 aromatic heterocycles. The number of nitrogens with zero attached hydrogens (tertiary/aromatic N) is 1. The van der Waals surface area contributed by atoms with E-state index in [0.29, 0.717) is 23.7 Å². The summed E-state index contributed by atoms with van der Waals surface area (Å²) < 4.78 is 11.3. The predicted molar refractivity (Wildman–Crippen MR) is 121 cm³/mol. The molecule has 0 saturated carbocycles. The number of carbonyl (C=O) groups is 1. The van der Waals surface area contributed by atoms with Crippen LogP contribution in [0.1, 0.15) is 54.7 Å². The van der Waals surface area contributed by atoms with Gasteiger partial charge in [0.1, 0.15) is 0 Å². The van der Waals surface area contributed by atoms with Crippen molar-refractivity contribution in [1.82, 2.24) is 4.98 Å². The number of rotatable bonds is 6. The van der Waals surface area contributed by atoms with E-state index >= 15 is 0 Å². The second-order valence-corrected chi connectivity index (χ2v) is 7.97. The largest absolute Gasteiger partial charge is 0.490 e. The molecule has 0 aliphatic heterocycles. The van der Waals surface area contributed by atoms with Crippen molar-refractivity contribution in [3.05, 3.63) is 89.2 Å². The van der Waals surface area contributed by atoms with E-state index in [1.54, 1.807) is 30.6 Å². The van der Waals surface area contributed by atoms with Crippen molar-refractivity contribution >= 4 is 18.1 Å². The Morgan fingerprint density at radius 3 is 2.20 bits per heavy atom. The topological polar surface area (TPSA) is 48.4 Å². The molecule has 2 aromatic carbocycles. The van der Waals surface area contributed by atoms with Gasteiger partial charge in [-0.3, -0.25) is 4.98 Å². The monoisotopic (exact) mass is 401 g/mol. The second-order valence-electron chi connectivity index (χ2n) is 7.97. The molecule has 30 heavy (non-hydrogen) atoms. The number of aromatic nitrogens is 1. The lowest BCUT2D eigenvalue weighted by molar-refractivity contribution is 0.0728. The smallest absolute Gasteiger partial charge is 0.343 e. The average molecular weight is 402 g/mol. The molecule has 0 aliphatic rings. The molecule has 0 saturated heterocycles. The van der Waals surface area contributed by atoms with E-state index in [1.807, 2.05) is 55.5 Å². The molecule has 154 valence electrons. The Kier molecular flexibility index (Phi) is 6.68. The van der Waals surface area contributed by atoms with E-state index in [-0.39, 0.29) is 5.41 Å². The SMILES string of the molecule is CCOc1cc(/C=C/c2ccncc2)ccc1OC(=O)c1ccc(C(C)(C)C)cc1. The normalized spacial score (nSPS) is 11.5. The van der Waals surface area contributed by atoms with Gasteiger partial charge in [-0.05, 0) is 65.4 Å². The summed E-state index contributed by atoms with van der Waals surface area (Å²) in [6.45, 7) is 8.79. The highest BCUT2D eigenvalue weighted by Gasteiger charge is 2.16. The molecule has 0 bridgehead atoms. The molecule has 0 atom stereocenters. The van der Waals surface area contributed by atoms with Crippen LogP contribution in [0.5, 0.6) is 11.5 Å². The molecule has 0 spiro atoms. The summed E-state index contributed by atoms with van der Waals surface area (Å²) in [5, 5.41) is 0. The summed E-state index contributed by atoms with van der Waals surface area (Å²) in [6, 6.07) is 16.9. The van der Waals surface area contributed by atoms with E-state index in [9.17, 15) is 4.79 Å². The van der Waals surface area contributed by atoms with Crippen LogP contribution in [-0.2, 0) is 5.41 Å². The molecule has 0 fully saturated rings. The number of benzene rings is 2. The maximum Gasteiger partial charge on any atom is 0.343 e. The molecule has 3 rings (SSSR count). The lowest BCUT2D eigenvalue weighted by atomic mass is 9.87. The van der Waals surface area contributed by atoms with E-state index in [2.05, 4.69) is 25.8 Å². The minimum Gasteiger partial charge on any atom is -0.490 e. The zero-order valence-corrected chi connectivity index (χ0v) is 17.9. The van der Waals surface area contributed by atoms with Crippen LogP contribution in [0.2, 0.25) is 0 Å². The van der Waals surface area contributed by atoms with Crippen molar-refractivity contribution in [3.8, 4) is 11.5 Å². The number of hydrogen-bond acceptors (Lipinski definition) is 4.